The minimum Gasteiger partial charge on any atom is -0.451 e. The maximum atomic E-state index is 13.1. The Balaban J connectivity index is 1.43. The summed E-state index contributed by atoms with van der Waals surface area (Å²) in [6.45, 7) is 3.31. The second kappa shape index (κ2) is 10.2. The molecule has 12 heteroatoms. The first-order valence-corrected chi connectivity index (χ1v) is 13.1. The number of benzene rings is 1. The van der Waals surface area contributed by atoms with E-state index in [-0.39, 0.29) is 36.3 Å². The predicted molar refractivity (Wildman–Crippen MR) is 130 cm³/mol. The number of aromatic nitrogens is 2. The molecule has 0 saturated carbocycles. The molecule has 3 heterocycles. The number of nitrogens with zero attached hydrogens (tertiary/aromatic N) is 3. The molecule has 2 N–H and O–H groups in total. The number of amides is 2. The standard InChI is InChI=1S/C24H29N5O6S/c1-15(2)21(27-22(31)20-13-16-7-4-5-9-19(16)35-20)23(32)26-17-8-6-11-29(14-18(17)30)36(33,34)24-25-10-12-28(24)3/h4-5,7,9-10,12-13,15,17,21H,6,8,11,14H2,1-3H3,(H,26,32)(H,27,31). The monoisotopic (exact) mass is 515 g/mol. The molecule has 0 bridgehead atoms. The molecule has 1 aromatic carbocycles. The lowest BCUT2D eigenvalue weighted by atomic mass is 10.0. The second-order valence-electron chi connectivity index (χ2n) is 9.17. The van der Waals surface area contributed by atoms with Gasteiger partial charge in [-0.05, 0) is 30.9 Å². The van der Waals surface area contributed by atoms with Crippen LogP contribution in [0, 0.1) is 5.92 Å². The Bertz CT molecular complexity index is 1360. The fraction of sp³-hybridized carbons (Fsp3) is 0.417. The van der Waals surface area contributed by atoms with Gasteiger partial charge in [0.05, 0.1) is 12.6 Å². The van der Waals surface area contributed by atoms with Crippen LogP contribution in [0.15, 0.2) is 52.3 Å². The predicted octanol–water partition coefficient (Wildman–Crippen LogP) is 1.46. The zero-order chi connectivity index (χ0) is 26.0. The fourth-order valence-electron chi connectivity index (χ4n) is 4.17. The minimum atomic E-state index is -3.96. The van der Waals surface area contributed by atoms with Crippen molar-refractivity contribution in [1.29, 1.82) is 0 Å². The Morgan fingerprint density at radius 1 is 1.22 bits per heavy atom. The summed E-state index contributed by atoms with van der Waals surface area (Å²) in [6.07, 6.45) is 3.54. The number of ketones is 1. The van der Waals surface area contributed by atoms with E-state index in [1.165, 1.54) is 17.0 Å². The van der Waals surface area contributed by atoms with Gasteiger partial charge in [-0.1, -0.05) is 32.0 Å². The van der Waals surface area contributed by atoms with Crippen molar-refractivity contribution < 1.29 is 27.2 Å². The molecule has 2 aromatic heterocycles. The van der Waals surface area contributed by atoms with Crippen molar-refractivity contribution in [2.45, 2.75) is 43.9 Å². The molecule has 11 nitrogen and oxygen atoms in total. The van der Waals surface area contributed by atoms with E-state index in [2.05, 4.69) is 15.6 Å². The van der Waals surface area contributed by atoms with Crippen LogP contribution in [0.1, 0.15) is 37.2 Å². The molecule has 1 fully saturated rings. The third-order valence-electron chi connectivity index (χ3n) is 6.17. The Morgan fingerprint density at radius 2 is 1.97 bits per heavy atom. The molecule has 1 aliphatic rings. The highest BCUT2D eigenvalue weighted by atomic mass is 32.2. The van der Waals surface area contributed by atoms with E-state index in [4.69, 9.17) is 4.42 Å². The Kier molecular flexibility index (Phi) is 7.27. The number of sulfonamides is 1. The molecule has 0 radical (unpaired) electrons. The number of rotatable bonds is 7. The van der Waals surface area contributed by atoms with Crippen LogP contribution in [0.3, 0.4) is 0 Å². The van der Waals surface area contributed by atoms with E-state index in [0.29, 0.717) is 12.0 Å². The average Bonchev–Trinajstić information content (AvgIpc) is 3.42. The van der Waals surface area contributed by atoms with Crippen molar-refractivity contribution in [1.82, 2.24) is 24.5 Å². The zero-order valence-corrected chi connectivity index (χ0v) is 21.1. The molecule has 192 valence electrons. The van der Waals surface area contributed by atoms with Crippen LogP contribution < -0.4 is 10.6 Å². The van der Waals surface area contributed by atoms with E-state index < -0.39 is 39.7 Å². The highest BCUT2D eigenvalue weighted by molar-refractivity contribution is 7.89. The number of hydrogen-bond donors (Lipinski definition) is 2. The first kappa shape index (κ1) is 25.6. The van der Waals surface area contributed by atoms with E-state index in [1.807, 2.05) is 12.1 Å². The van der Waals surface area contributed by atoms with E-state index in [1.54, 1.807) is 39.1 Å². The van der Waals surface area contributed by atoms with Crippen LogP contribution in [0.25, 0.3) is 11.0 Å². The first-order chi connectivity index (χ1) is 17.1. The van der Waals surface area contributed by atoms with Gasteiger partial charge in [0.2, 0.25) is 11.1 Å². The van der Waals surface area contributed by atoms with Crippen molar-refractivity contribution in [3.8, 4) is 0 Å². The largest absolute Gasteiger partial charge is 0.451 e. The number of carbonyl (C=O) groups is 3. The summed E-state index contributed by atoms with van der Waals surface area (Å²) in [5.41, 5.74) is 0.558. The summed E-state index contributed by atoms with van der Waals surface area (Å²) >= 11 is 0. The number of para-hydroxylation sites is 1. The third kappa shape index (κ3) is 5.19. The highest BCUT2D eigenvalue weighted by Gasteiger charge is 2.36. The summed E-state index contributed by atoms with van der Waals surface area (Å²) in [7, 11) is -2.40. The van der Waals surface area contributed by atoms with Crippen LogP contribution in [-0.2, 0) is 26.7 Å². The Hall–Kier alpha value is -3.51. The molecule has 3 aromatic rings. The third-order valence-corrected chi connectivity index (χ3v) is 8.02. The molecular weight excluding hydrogens is 486 g/mol. The van der Waals surface area contributed by atoms with Crippen LogP contribution in [0.5, 0.6) is 0 Å². The van der Waals surface area contributed by atoms with E-state index >= 15 is 0 Å². The molecule has 4 rings (SSSR count). The average molecular weight is 516 g/mol. The maximum Gasteiger partial charge on any atom is 0.287 e. The van der Waals surface area contributed by atoms with Crippen LogP contribution >= 0.6 is 0 Å². The molecule has 2 unspecified atom stereocenters. The van der Waals surface area contributed by atoms with E-state index in [9.17, 15) is 22.8 Å². The van der Waals surface area contributed by atoms with Crippen LogP contribution in [0.4, 0.5) is 0 Å². The zero-order valence-electron chi connectivity index (χ0n) is 20.3. The number of furan rings is 1. The summed E-state index contributed by atoms with van der Waals surface area (Å²) in [6, 6.07) is 6.99. The van der Waals surface area contributed by atoms with Crippen molar-refractivity contribution >= 4 is 38.6 Å². The summed E-state index contributed by atoms with van der Waals surface area (Å²) in [5, 5.41) is 6.03. The number of hydrogen-bond acceptors (Lipinski definition) is 7. The van der Waals surface area contributed by atoms with E-state index in [0.717, 1.165) is 9.69 Å². The van der Waals surface area contributed by atoms with Gasteiger partial charge in [-0.15, -0.1) is 0 Å². The number of imidazole rings is 1. The van der Waals surface area contributed by atoms with Gasteiger partial charge in [0, 0.05) is 31.4 Å². The van der Waals surface area contributed by atoms with Crippen molar-refractivity contribution in [3.05, 3.63) is 48.5 Å². The van der Waals surface area contributed by atoms with Gasteiger partial charge in [0.15, 0.2) is 11.5 Å². The lowest BCUT2D eigenvalue weighted by Crippen LogP contribution is -2.54. The Morgan fingerprint density at radius 3 is 2.64 bits per heavy atom. The fourth-order valence-corrected chi connectivity index (χ4v) is 5.69. The van der Waals surface area contributed by atoms with Gasteiger partial charge >= 0.3 is 0 Å². The van der Waals surface area contributed by atoms with Crippen molar-refractivity contribution in [2.24, 2.45) is 13.0 Å². The smallest absolute Gasteiger partial charge is 0.287 e. The van der Waals surface area contributed by atoms with Crippen LogP contribution in [0.2, 0.25) is 0 Å². The molecular formula is C24H29N5O6S. The van der Waals surface area contributed by atoms with Gasteiger partial charge in [0.25, 0.3) is 15.9 Å². The van der Waals surface area contributed by atoms with Gasteiger partial charge in [-0.3, -0.25) is 14.4 Å². The van der Waals surface area contributed by atoms with Gasteiger partial charge in [0.1, 0.15) is 11.6 Å². The number of fused-ring (bicyclic) bond motifs is 1. The molecule has 2 atom stereocenters. The molecule has 1 saturated heterocycles. The highest BCUT2D eigenvalue weighted by Crippen LogP contribution is 2.20. The number of nitrogens with one attached hydrogen (secondary N) is 2. The quantitative estimate of drug-likeness (QED) is 0.485. The SMILES string of the molecule is CC(C)C(NC(=O)c1cc2ccccc2o1)C(=O)NC1CCCN(S(=O)(=O)c2nccn2C)CC1=O. The second-order valence-corrected chi connectivity index (χ2v) is 11.0. The number of aryl methyl sites for hydroxylation is 1. The Labute approximate surface area is 208 Å². The number of Topliss-reactive ketones (excluding diaryl/α,β-unsaturated/α-hetero) is 1. The lowest BCUT2D eigenvalue weighted by molar-refractivity contribution is -0.129. The molecule has 2 amide bonds. The maximum absolute atomic E-state index is 13.1. The summed E-state index contributed by atoms with van der Waals surface area (Å²) in [4.78, 5) is 42.8. The molecule has 36 heavy (non-hydrogen) atoms. The van der Waals surface area contributed by atoms with Gasteiger partial charge in [-0.25, -0.2) is 13.4 Å². The first-order valence-electron chi connectivity index (χ1n) is 11.7. The molecule has 0 spiro atoms. The lowest BCUT2D eigenvalue weighted by Gasteiger charge is -2.24. The summed E-state index contributed by atoms with van der Waals surface area (Å²) in [5.74, 6) is -1.69. The topological polar surface area (TPSA) is 144 Å². The van der Waals surface area contributed by atoms with Crippen molar-refractivity contribution in [3.63, 3.8) is 0 Å². The molecule has 1 aliphatic heterocycles. The molecule has 0 aliphatic carbocycles. The summed E-state index contributed by atoms with van der Waals surface area (Å²) < 4.78 is 34.0. The van der Waals surface area contributed by atoms with Crippen LogP contribution in [-0.4, -0.2) is 65.0 Å². The van der Waals surface area contributed by atoms with Gasteiger partial charge in [-0.2, -0.15) is 4.31 Å². The van der Waals surface area contributed by atoms with Crippen molar-refractivity contribution in [2.75, 3.05) is 13.1 Å². The minimum absolute atomic E-state index is 0.0790. The van der Waals surface area contributed by atoms with Gasteiger partial charge < -0.3 is 19.6 Å². The normalized spacial score (nSPS) is 18.2. The number of carbonyl (C=O) groups excluding carboxylic acids is 3.